The van der Waals surface area contributed by atoms with Gasteiger partial charge in [-0.1, -0.05) is 23.4 Å². The zero-order valence-electron chi connectivity index (χ0n) is 13.7. The number of methoxy groups -OCH3 is 1. The van der Waals surface area contributed by atoms with Crippen molar-refractivity contribution in [2.75, 3.05) is 13.7 Å². The summed E-state index contributed by atoms with van der Waals surface area (Å²) in [6, 6.07) is 10.5. The molecule has 3 aromatic rings. The highest BCUT2D eigenvalue weighted by atomic mass is 32.2. The van der Waals surface area contributed by atoms with Crippen LogP contribution in [0.25, 0.3) is 11.0 Å². The molecule has 130 valence electrons. The molecule has 0 aliphatic carbocycles. The summed E-state index contributed by atoms with van der Waals surface area (Å²) in [5, 5.41) is 4.53. The van der Waals surface area contributed by atoms with E-state index in [1.54, 1.807) is 30.3 Å². The fourth-order valence-electron chi connectivity index (χ4n) is 3.15. The molecule has 25 heavy (non-hydrogen) atoms. The van der Waals surface area contributed by atoms with E-state index < -0.39 is 9.84 Å². The summed E-state index contributed by atoms with van der Waals surface area (Å²) >= 11 is 0. The van der Waals surface area contributed by atoms with Crippen molar-refractivity contribution in [1.29, 1.82) is 0 Å². The Morgan fingerprint density at radius 3 is 2.88 bits per heavy atom. The van der Waals surface area contributed by atoms with Crippen molar-refractivity contribution in [3.05, 3.63) is 47.7 Å². The molecule has 0 amide bonds. The molecule has 0 saturated heterocycles. The van der Waals surface area contributed by atoms with Gasteiger partial charge in [-0.25, -0.2) is 8.42 Å². The first kappa shape index (κ1) is 16.0. The third-order valence-electron chi connectivity index (χ3n) is 4.31. The third kappa shape index (κ3) is 2.74. The number of hydrogen-bond donors (Lipinski definition) is 0. The maximum atomic E-state index is 13.0. The lowest BCUT2D eigenvalue weighted by atomic mass is 10.1. The van der Waals surface area contributed by atoms with Crippen LogP contribution in [-0.2, 0) is 22.0 Å². The number of nitrogens with zero attached hydrogens (tertiary/aromatic N) is 1. The van der Waals surface area contributed by atoms with E-state index in [1.807, 2.05) is 6.07 Å². The fourth-order valence-corrected chi connectivity index (χ4v) is 4.62. The molecule has 0 fully saturated rings. The van der Waals surface area contributed by atoms with Gasteiger partial charge < -0.3 is 14.0 Å². The molecule has 0 unspecified atom stereocenters. The molecular weight excluding hydrogens is 342 g/mol. The molecule has 1 aromatic heterocycles. The Morgan fingerprint density at radius 1 is 1.20 bits per heavy atom. The number of hydrogen-bond acceptors (Lipinski definition) is 6. The first-order valence-corrected chi connectivity index (χ1v) is 9.64. The summed E-state index contributed by atoms with van der Waals surface area (Å²) in [4.78, 5) is 0.204. The zero-order chi connectivity index (χ0) is 17.4. The van der Waals surface area contributed by atoms with Gasteiger partial charge in [0.2, 0.25) is 0 Å². The first-order valence-electron chi connectivity index (χ1n) is 7.99. The van der Waals surface area contributed by atoms with Crippen molar-refractivity contribution in [1.82, 2.24) is 5.16 Å². The van der Waals surface area contributed by atoms with Crippen molar-refractivity contribution in [2.24, 2.45) is 0 Å². The number of sulfone groups is 1. The summed E-state index contributed by atoms with van der Waals surface area (Å²) in [5.41, 5.74) is 1.76. The minimum absolute atomic E-state index is 0.204. The first-order chi connectivity index (χ1) is 12.1. The van der Waals surface area contributed by atoms with Crippen molar-refractivity contribution in [3.63, 3.8) is 0 Å². The summed E-state index contributed by atoms with van der Waals surface area (Å²) < 4.78 is 42.2. The second-order valence-corrected chi connectivity index (χ2v) is 7.88. The smallest absolute Gasteiger partial charge is 0.187 e. The predicted octanol–water partition coefficient (Wildman–Crippen LogP) is 3.14. The Bertz CT molecular complexity index is 1040. The normalized spacial score (nSPS) is 14.1. The minimum Gasteiger partial charge on any atom is -0.496 e. The molecule has 0 spiro atoms. The van der Waals surface area contributed by atoms with Gasteiger partial charge in [0.05, 0.1) is 19.1 Å². The summed E-state index contributed by atoms with van der Waals surface area (Å²) in [7, 11) is -2.11. The zero-order valence-corrected chi connectivity index (χ0v) is 14.5. The van der Waals surface area contributed by atoms with Crippen LogP contribution in [0.5, 0.6) is 11.5 Å². The van der Waals surface area contributed by atoms with Gasteiger partial charge in [-0.2, -0.15) is 0 Å². The number of benzene rings is 2. The van der Waals surface area contributed by atoms with Crippen LogP contribution >= 0.6 is 0 Å². The maximum absolute atomic E-state index is 13.0. The lowest BCUT2D eigenvalue weighted by Crippen LogP contribution is -2.14. The molecule has 2 heterocycles. The Hall–Kier alpha value is -2.54. The van der Waals surface area contributed by atoms with Crippen molar-refractivity contribution >= 4 is 20.8 Å². The van der Waals surface area contributed by atoms with E-state index in [4.69, 9.17) is 14.0 Å². The molecule has 0 radical (unpaired) electrons. The second-order valence-electron chi connectivity index (χ2n) is 5.92. The van der Waals surface area contributed by atoms with E-state index >= 15 is 0 Å². The number of aryl methyl sites for hydroxylation is 1. The second kappa shape index (κ2) is 6.07. The van der Waals surface area contributed by atoms with E-state index in [2.05, 4.69) is 5.16 Å². The quantitative estimate of drug-likeness (QED) is 0.712. The van der Waals surface area contributed by atoms with Crippen LogP contribution in [0.15, 0.2) is 45.8 Å². The highest BCUT2D eigenvalue weighted by Crippen LogP contribution is 2.35. The van der Waals surface area contributed by atoms with Gasteiger partial charge in [-0.3, -0.25) is 0 Å². The number of ether oxygens (including phenoxy) is 2. The minimum atomic E-state index is -3.64. The average Bonchev–Trinajstić information content (AvgIpc) is 3.03. The molecule has 7 heteroatoms. The lowest BCUT2D eigenvalue weighted by molar-refractivity contribution is 0.280. The highest BCUT2D eigenvalue weighted by Gasteiger charge is 2.27. The SMILES string of the molecule is COc1cccc2onc(CS(=O)(=O)c3cccc4c3OCCC4)c12. The molecule has 0 atom stereocenters. The fraction of sp³-hybridized carbons (Fsp3) is 0.278. The number of rotatable bonds is 4. The molecular formula is C18H17NO5S. The van der Waals surface area contributed by atoms with Gasteiger partial charge in [-0.05, 0) is 36.6 Å². The van der Waals surface area contributed by atoms with E-state index in [1.165, 1.54) is 7.11 Å². The van der Waals surface area contributed by atoms with Gasteiger partial charge >= 0.3 is 0 Å². The largest absolute Gasteiger partial charge is 0.496 e. The van der Waals surface area contributed by atoms with Crippen LogP contribution in [-0.4, -0.2) is 27.3 Å². The van der Waals surface area contributed by atoms with Crippen molar-refractivity contribution in [2.45, 2.75) is 23.5 Å². The Balaban J connectivity index is 1.79. The highest BCUT2D eigenvalue weighted by molar-refractivity contribution is 7.90. The van der Waals surface area contributed by atoms with Crippen LogP contribution in [0.3, 0.4) is 0 Å². The van der Waals surface area contributed by atoms with E-state index in [-0.39, 0.29) is 10.6 Å². The van der Waals surface area contributed by atoms with Crippen LogP contribution in [0.4, 0.5) is 0 Å². The summed E-state index contributed by atoms with van der Waals surface area (Å²) in [5.74, 6) is 0.726. The monoisotopic (exact) mass is 359 g/mol. The van der Waals surface area contributed by atoms with Crippen LogP contribution in [0, 0.1) is 0 Å². The van der Waals surface area contributed by atoms with E-state index in [0.29, 0.717) is 34.8 Å². The van der Waals surface area contributed by atoms with Gasteiger partial charge in [0.1, 0.15) is 27.8 Å². The van der Waals surface area contributed by atoms with Crippen molar-refractivity contribution < 1.29 is 22.4 Å². The lowest BCUT2D eigenvalue weighted by Gasteiger charge is -2.20. The Morgan fingerprint density at radius 2 is 2.04 bits per heavy atom. The average molecular weight is 359 g/mol. The molecule has 0 saturated carbocycles. The third-order valence-corrected chi connectivity index (χ3v) is 5.95. The predicted molar refractivity (Wildman–Crippen MR) is 91.7 cm³/mol. The van der Waals surface area contributed by atoms with Gasteiger partial charge in [0.25, 0.3) is 0 Å². The Kier molecular flexibility index (Phi) is 3.88. The number of fused-ring (bicyclic) bond motifs is 2. The number of para-hydroxylation sites is 1. The number of aromatic nitrogens is 1. The van der Waals surface area contributed by atoms with Crippen LogP contribution in [0.2, 0.25) is 0 Å². The van der Waals surface area contributed by atoms with Gasteiger partial charge in [0, 0.05) is 0 Å². The van der Waals surface area contributed by atoms with E-state index in [0.717, 1.165) is 18.4 Å². The van der Waals surface area contributed by atoms with Crippen LogP contribution in [0.1, 0.15) is 17.7 Å². The molecule has 4 rings (SSSR count). The topological polar surface area (TPSA) is 78.6 Å². The molecule has 1 aliphatic heterocycles. The molecule has 0 N–H and O–H groups in total. The molecule has 2 aromatic carbocycles. The van der Waals surface area contributed by atoms with Crippen molar-refractivity contribution in [3.8, 4) is 11.5 Å². The van der Waals surface area contributed by atoms with Crippen LogP contribution < -0.4 is 9.47 Å². The summed E-state index contributed by atoms with van der Waals surface area (Å²) in [6.45, 7) is 0.528. The summed E-state index contributed by atoms with van der Waals surface area (Å²) in [6.07, 6.45) is 1.71. The molecule has 6 nitrogen and oxygen atoms in total. The van der Waals surface area contributed by atoms with Gasteiger partial charge in [0.15, 0.2) is 15.4 Å². The van der Waals surface area contributed by atoms with E-state index in [9.17, 15) is 8.42 Å². The molecule has 0 bridgehead atoms. The van der Waals surface area contributed by atoms with Gasteiger partial charge in [-0.15, -0.1) is 0 Å². The standard InChI is InChI=1S/C18H17NO5S/c1-22-14-7-3-8-15-17(14)13(19-24-15)11-25(20,21)16-9-2-5-12-6-4-10-23-18(12)16/h2-3,5,7-9H,4,6,10-11H2,1H3. The Labute approximate surface area is 145 Å². The maximum Gasteiger partial charge on any atom is 0.187 e. The molecule has 1 aliphatic rings.